The van der Waals surface area contributed by atoms with E-state index in [1.165, 1.54) is 12.4 Å². The van der Waals surface area contributed by atoms with Gasteiger partial charge in [0.1, 0.15) is 18.2 Å². The second-order valence-electron chi connectivity index (χ2n) is 9.87. The molecule has 0 unspecified atom stereocenters. The Morgan fingerprint density at radius 2 is 1.75 bits per heavy atom. The number of rotatable bonds is 4. The van der Waals surface area contributed by atoms with Crippen LogP contribution in [-0.2, 0) is 11.0 Å². The number of anilines is 1. The second-order valence-corrected chi connectivity index (χ2v) is 9.87. The Hall–Kier alpha value is -2.42. The molecular weight excluding hydrogens is 419 g/mol. The molecule has 1 atom stereocenters. The third kappa shape index (κ3) is 4.98. The normalized spacial score (nSPS) is 24.9. The minimum atomic E-state index is -4.46. The van der Waals surface area contributed by atoms with Gasteiger partial charge >= 0.3 is 6.18 Å². The van der Waals surface area contributed by atoms with Crippen LogP contribution in [0.3, 0.4) is 0 Å². The van der Waals surface area contributed by atoms with Gasteiger partial charge < -0.3 is 15.5 Å². The molecule has 174 valence electrons. The van der Waals surface area contributed by atoms with Crippen molar-refractivity contribution in [2.75, 3.05) is 11.9 Å². The van der Waals surface area contributed by atoms with Crippen molar-refractivity contribution in [3.05, 3.63) is 30.1 Å². The molecule has 0 bridgehead atoms. The maximum Gasteiger partial charge on any atom is 0.416 e. The number of nitrogens with zero attached hydrogens (tertiary/aromatic N) is 3. The number of nitrogens with one attached hydrogen (secondary N) is 2. The van der Waals surface area contributed by atoms with Gasteiger partial charge in [0.15, 0.2) is 0 Å². The summed E-state index contributed by atoms with van der Waals surface area (Å²) in [6.07, 6.45) is 1.42. The number of halogens is 3. The van der Waals surface area contributed by atoms with Crippen molar-refractivity contribution in [3.8, 4) is 0 Å². The van der Waals surface area contributed by atoms with Crippen LogP contribution in [-0.4, -0.2) is 51.0 Å². The van der Waals surface area contributed by atoms with Crippen LogP contribution >= 0.6 is 0 Å². The fourth-order valence-corrected chi connectivity index (χ4v) is 4.86. The van der Waals surface area contributed by atoms with Gasteiger partial charge in [0.25, 0.3) is 0 Å². The summed E-state index contributed by atoms with van der Waals surface area (Å²) < 4.78 is 39.5. The molecule has 1 aliphatic heterocycles. The van der Waals surface area contributed by atoms with Gasteiger partial charge in [0, 0.05) is 29.6 Å². The van der Waals surface area contributed by atoms with Gasteiger partial charge in [-0.2, -0.15) is 13.2 Å². The largest absolute Gasteiger partial charge is 0.416 e. The predicted octanol–water partition coefficient (Wildman–Crippen LogP) is 4.36. The van der Waals surface area contributed by atoms with E-state index >= 15 is 0 Å². The first-order valence-corrected chi connectivity index (χ1v) is 11.2. The lowest BCUT2D eigenvalue weighted by Crippen LogP contribution is -2.49. The topological polar surface area (TPSA) is 70.2 Å². The summed E-state index contributed by atoms with van der Waals surface area (Å²) in [6.45, 7) is 7.13. The molecule has 2 N–H and O–H groups in total. The highest BCUT2D eigenvalue weighted by Crippen LogP contribution is 2.33. The average Bonchev–Trinajstić information content (AvgIpc) is 3.07. The van der Waals surface area contributed by atoms with Crippen LogP contribution in [0.25, 0.3) is 10.9 Å². The Bertz CT molecular complexity index is 980. The number of alkyl halides is 3. The smallest absolute Gasteiger partial charge is 0.358 e. The molecule has 32 heavy (non-hydrogen) atoms. The molecule has 0 spiro atoms. The molecule has 2 fully saturated rings. The van der Waals surface area contributed by atoms with Gasteiger partial charge in [0.05, 0.1) is 11.1 Å². The van der Waals surface area contributed by atoms with Crippen LogP contribution in [0.1, 0.15) is 58.4 Å². The number of benzene rings is 1. The quantitative estimate of drug-likeness (QED) is 0.726. The van der Waals surface area contributed by atoms with Gasteiger partial charge in [-0.05, 0) is 71.1 Å². The molecular formula is C23H30F3N5O. The first-order chi connectivity index (χ1) is 15.0. The first-order valence-electron chi connectivity index (χ1n) is 11.2. The summed E-state index contributed by atoms with van der Waals surface area (Å²) in [4.78, 5) is 23.2. The van der Waals surface area contributed by atoms with Crippen LogP contribution in [0.4, 0.5) is 19.0 Å². The SMILES string of the molecule is CC(C)(C)N[C@H]1CC[C@@H](N2CC[C@H](Nc3ncnc4ccc(C(F)(F)F)cc34)C2=O)CC1. The Morgan fingerprint density at radius 1 is 1.03 bits per heavy atom. The third-order valence-corrected chi connectivity index (χ3v) is 6.29. The van der Waals surface area contributed by atoms with E-state index in [0.29, 0.717) is 24.5 Å². The molecule has 2 heterocycles. The van der Waals surface area contributed by atoms with E-state index in [9.17, 15) is 18.0 Å². The molecule has 2 aliphatic rings. The number of carbonyl (C=O) groups excluding carboxylic acids is 1. The standard InChI is InChI=1S/C23H30F3N5O/c1-22(2,3)30-15-5-7-16(8-6-15)31-11-10-19(21(31)32)29-20-17-12-14(23(24,25)26)4-9-18(17)27-13-28-20/h4,9,12-13,15-16,19,30H,5-8,10-11H2,1-3H3,(H,27,28,29)/t15-,16+,19-/m0/s1. The summed E-state index contributed by atoms with van der Waals surface area (Å²) in [6, 6.07) is 3.57. The molecule has 1 aliphatic carbocycles. The van der Waals surface area contributed by atoms with Crippen molar-refractivity contribution in [1.29, 1.82) is 0 Å². The van der Waals surface area contributed by atoms with E-state index < -0.39 is 17.8 Å². The van der Waals surface area contributed by atoms with Gasteiger partial charge in [-0.25, -0.2) is 9.97 Å². The highest BCUT2D eigenvalue weighted by molar-refractivity contribution is 5.93. The molecule has 6 nitrogen and oxygen atoms in total. The molecule has 1 saturated heterocycles. The number of carbonyl (C=O) groups is 1. The monoisotopic (exact) mass is 449 g/mol. The summed E-state index contributed by atoms with van der Waals surface area (Å²) in [5, 5.41) is 7.01. The molecule has 1 amide bonds. The lowest BCUT2D eigenvalue weighted by atomic mass is 9.89. The number of aromatic nitrogens is 2. The highest BCUT2D eigenvalue weighted by Gasteiger charge is 2.38. The Kier molecular flexibility index (Phi) is 6.04. The van der Waals surface area contributed by atoms with Crippen molar-refractivity contribution < 1.29 is 18.0 Å². The lowest BCUT2D eigenvalue weighted by molar-refractivity contribution is -0.137. The zero-order valence-corrected chi connectivity index (χ0v) is 18.7. The Labute approximate surface area is 186 Å². The molecule has 1 aromatic heterocycles. The second kappa shape index (κ2) is 8.50. The van der Waals surface area contributed by atoms with E-state index in [1.54, 1.807) is 0 Å². The summed E-state index contributed by atoms with van der Waals surface area (Å²) in [7, 11) is 0. The fraction of sp³-hybridized carbons (Fsp3) is 0.609. The zero-order valence-electron chi connectivity index (χ0n) is 18.7. The molecule has 0 radical (unpaired) electrons. The fourth-order valence-electron chi connectivity index (χ4n) is 4.86. The van der Waals surface area contributed by atoms with Gasteiger partial charge in [-0.1, -0.05) is 0 Å². The maximum atomic E-state index is 13.2. The van der Waals surface area contributed by atoms with Gasteiger partial charge in [-0.3, -0.25) is 4.79 Å². The van der Waals surface area contributed by atoms with Gasteiger partial charge in [-0.15, -0.1) is 0 Å². The number of fused-ring (bicyclic) bond motifs is 1. The van der Waals surface area contributed by atoms with E-state index in [1.807, 2.05) is 4.90 Å². The zero-order chi connectivity index (χ0) is 23.1. The minimum Gasteiger partial charge on any atom is -0.358 e. The van der Waals surface area contributed by atoms with E-state index in [-0.39, 0.29) is 28.7 Å². The first kappa shape index (κ1) is 22.8. The number of hydrogen-bond acceptors (Lipinski definition) is 5. The summed E-state index contributed by atoms with van der Waals surface area (Å²) in [5.74, 6) is 0.260. The van der Waals surface area contributed by atoms with Crippen molar-refractivity contribution in [1.82, 2.24) is 20.2 Å². The summed E-state index contributed by atoms with van der Waals surface area (Å²) >= 11 is 0. The van der Waals surface area contributed by atoms with Gasteiger partial charge in [0.2, 0.25) is 5.91 Å². The summed E-state index contributed by atoms with van der Waals surface area (Å²) in [5.41, 5.74) is -0.284. The van der Waals surface area contributed by atoms with Crippen LogP contribution in [0.5, 0.6) is 0 Å². The van der Waals surface area contributed by atoms with E-state index in [0.717, 1.165) is 37.8 Å². The Balaban J connectivity index is 1.44. The van der Waals surface area contributed by atoms with Crippen molar-refractivity contribution >= 4 is 22.6 Å². The van der Waals surface area contributed by atoms with Crippen LogP contribution in [0, 0.1) is 0 Å². The molecule has 1 saturated carbocycles. The predicted molar refractivity (Wildman–Crippen MR) is 117 cm³/mol. The van der Waals surface area contributed by atoms with E-state index in [4.69, 9.17) is 0 Å². The number of hydrogen-bond donors (Lipinski definition) is 2. The maximum absolute atomic E-state index is 13.2. The van der Waals surface area contributed by atoms with E-state index in [2.05, 4.69) is 41.4 Å². The average molecular weight is 450 g/mol. The van der Waals surface area contributed by atoms with Crippen LogP contribution < -0.4 is 10.6 Å². The lowest BCUT2D eigenvalue weighted by Gasteiger charge is -2.37. The van der Waals surface area contributed by atoms with Crippen molar-refractivity contribution in [3.63, 3.8) is 0 Å². The van der Waals surface area contributed by atoms with Crippen molar-refractivity contribution in [2.24, 2.45) is 0 Å². The third-order valence-electron chi connectivity index (χ3n) is 6.29. The minimum absolute atomic E-state index is 0.00373. The van der Waals surface area contributed by atoms with Crippen LogP contribution in [0.15, 0.2) is 24.5 Å². The number of amides is 1. The molecule has 1 aromatic carbocycles. The number of likely N-dealkylation sites (tertiary alicyclic amines) is 1. The molecule has 4 rings (SSSR count). The highest BCUT2D eigenvalue weighted by atomic mass is 19.4. The Morgan fingerprint density at radius 3 is 2.41 bits per heavy atom. The molecule has 2 aromatic rings. The molecule has 9 heteroatoms. The van der Waals surface area contributed by atoms with Crippen LogP contribution in [0.2, 0.25) is 0 Å². The van der Waals surface area contributed by atoms with Crippen molar-refractivity contribution in [2.45, 2.75) is 82.7 Å².